The number of halogens is 1. The van der Waals surface area contributed by atoms with E-state index in [1.165, 1.54) is 22.5 Å². The van der Waals surface area contributed by atoms with Crippen LogP contribution in [0.15, 0.2) is 54.0 Å². The van der Waals surface area contributed by atoms with Gasteiger partial charge in [-0.2, -0.15) is 5.26 Å². The first-order valence-electron chi connectivity index (χ1n) is 7.73. The second-order valence-corrected chi connectivity index (χ2v) is 6.95. The fraction of sp³-hybridized carbons (Fsp3) is 0.100. The molecule has 0 fully saturated rings. The second kappa shape index (κ2) is 7.52. The molecular formula is C20H16ClN3S. The number of rotatable bonds is 4. The van der Waals surface area contributed by atoms with Crippen LogP contribution in [0.25, 0.3) is 16.8 Å². The number of hydrogen-bond donors (Lipinski definition) is 1. The molecule has 3 nitrogen and oxygen atoms in total. The lowest BCUT2D eigenvalue weighted by atomic mass is 10.1. The van der Waals surface area contributed by atoms with Crippen molar-refractivity contribution in [3.63, 3.8) is 0 Å². The monoisotopic (exact) mass is 365 g/mol. The lowest BCUT2D eigenvalue weighted by molar-refractivity contribution is 1.33. The van der Waals surface area contributed by atoms with Crippen LogP contribution in [0.4, 0.5) is 5.69 Å². The average molecular weight is 366 g/mol. The number of nitrogens with one attached hydrogen (secondary N) is 1. The van der Waals surface area contributed by atoms with Crippen LogP contribution in [-0.4, -0.2) is 4.98 Å². The quantitative estimate of drug-likeness (QED) is 0.572. The van der Waals surface area contributed by atoms with Gasteiger partial charge in [-0.05, 0) is 49.2 Å². The summed E-state index contributed by atoms with van der Waals surface area (Å²) in [6.07, 6.45) is 1.70. The van der Waals surface area contributed by atoms with Gasteiger partial charge >= 0.3 is 0 Å². The maximum atomic E-state index is 9.46. The summed E-state index contributed by atoms with van der Waals surface area (Å²) >= 11 is 7.37. The first kappa shape index (κ1) is 17.2. The van der Waals surface area contributed by atoms with Gasteiger partial charge in [-0.3, -0.25) is 0 Å². The Morgan fingerprint density at radius 1 is 1.16 bits per heavy atom. The zero-order chi connectivity index (χ0) is 17.8. The van der Waals surface area contributed by atoms with Gasteiger partial charge in [-0.1, -0.05) is 29.8 Å². The minimum atomic E-state index is 0.503. The molecule has 0 aliphatic rings. The Hall–Kier alpha value is -2.61. The van der Waals surface area contributed by atoms with Crippen molar-refractivity contribution in [2.24, 2.45) is 0 Å². The van der Waals surface area contributed by atoms with E-state index in [-0.39, 0.29) is 0 Å². The molecule has 25 heavy (non-hydrogen) atoms. The Labute approximate surface area is 156 Å². The number of benzene rings is 2. The van der Waals surface area contributed by atoms with Crippen molar-refractivity contribution in [1.82, 2.24) is 4.98 Å². The molecule has 0 unspecified atom stereocenters. The predicted molar refractivity (Wildman–Crippen MR) is 106 cm³/mol. The highest BCUT2D eigenvalue weighted by atomic mass is 35.5. The fourth-order valence-electron chi connectivity index (χ4n) is 2.28. The molecule has 1 aromatic heterocycles. The lowest BCUT2D eigenvalue weighted by Crippen LogP contribution is -1.92. The molecule has 0 saturated heterocycles. The van der Waals surface area contributed by atoms with Crippen molar-refractivity contribution in [3.8, 4) is 17.3 Å². The summed E-state index contributed by atoms with van der Waals surface area (Å²) in [7, 11) is 0. The van der Waals surface area contributed by atoms with Gasteiger partial charge in [0.1, 0.15) is 16.6 Å². The number of nitriles is 1. The fourth-order valence-corrected chi connectivity index (χ4v) is 3.20. The molecule has 0 amide bonds. The zero-order valence-electron chi connectivity index (χ0n) is 13.9. The Kier molecular flexibility index (Phi) is 5.18. The van der Waals surface area contributed by atoms with E-state index in [4.69, 9.17) is 11.6 Å². The molecule has 5 heteroatoms. The maximum Gasteiger partial charge on any atom is 0.136 e. The SMILES string of the molecule is Cc1ccc(NC=C(C#N)c2nc(-c3ccc(Cl)cc3)cs2)cc1C. The van der Waals surface area contributed by atoms with Crippen molar-refractivity contribution in [3.05, 3.63) is 75.2 Å². The van der Waals surface area contributed by atoms with Crippen LogP contribution in [-0.2, 0) is 0 Å². The number of allylic oxidation sites excluding steroid dienone is 1. The summed E-state index contributed by atoms with van der Waals surface area (Å²) < 4.78 is 0. The summed E-state index contributed by atoms with van der Waals surface area (Å²) in [5, 5.41) is 16.0. The van der Waals surface area contributed by atoms with Crippen LogP contribution in [0, 0.1) is 25.2 Å². The molecule has 124 valence electrons. The van der Waals surface area contributed by atoms with Crippen LogP contribution in [0.5, 0.6) is 0 Å². The van der Waals surface area contributed by atoms with Gasteiger partial charge in [-0.15, -0.1) is 11.3 Å². The van der Waals surface area contributed by atoms with E-state index in [2.05, 4.69) is 42.4 Å². The molecule has 2 aromatic carbocycles. The van der Waals surface area contributed by atoms with E-state index >= 15 is 0 Å². The van der Waals surface area contributed by atoms with Gasteiger partial charge in [0.25, 0.3) is 0 Å². The summed E-state index contributed by atoms with van der Waals surface area (Å²) in [6.45, 7) is 4.14. The van der Waals surface area contributed by atoms with E-state index in [0.29, 0.717) is 15.6 Å². The number of hydrogen-bond acceptors (Lipinski definition) is 4. The average Bonchev–Trinajstić information content (AvgIpc) is 3.09. The molecule has 0 atom stereocenters. The lowest BCUT2D eigenvalue weighted by Gasteiger charge is -2.05. The molecule has 3 rings (SSSR count). The predicted octanol–water partition coefficient (Wildman–Crippen LogP) is 6.06. The van der Waals surface area contributed by atoms with E-state index < -0.39 is 0 Å². The normalized spacial score (nSPS) is 11.2. The number of anilines is 1. The molecule has 0 aliphatic heterocycles. The second-order valence-electron chi connectivity index (χ2n) is 5.66. The smallest absolute Gasteiger partial charge is 0.136 e. The third kappa shape index (κ3) is 4.08. The molecule has 1 heterocycles. The van der Waals surface area contributed by atoms with Crippen molar-refractivity contribution >= 4 is 34.2 Å². The molecule has 0 bridgehead atoms. The van der Waals surface area contributed by atoms with Gasteiger partial charge in [-0.25, -0.2) is 4.98 Å². The molecular weight excluding hydrogens is 350 g/mol. The van der Waals surface area contributed by atoms with Gasteiger partial charge in [0.2, 0.25) is 0 Å². The standard InChI is InChI=1S/C20H16ClN3S/c1-13-3-8-18(9-14(13)2)23-11-16(10-22)20-24-19(12-25-20)15-4-6-17(21)7-5-15/h3-9,11-12,23H,1-2H3. The Bertz CT molecular complexity index is 965. The first-order valence-corrected chi connectivity index (χ1v) is 8.98. The molecule has 0 aliphatic carbocycles. The number of nitrogens with zero attached hydrogens (tertiary/aromatic N) is 2. The van der Waals surface area contributed by atoms with Crippen LogP contribution >= 0.6 is 22.9 Å². The van der Waals surface area contributed by atoms with Crippen molar-refractivity contribution in [2.75, 3.05) is 5.32 Å². The minimum Gasteiger partial charge on any atom is -0.360 e. The van der Waals surface area contributed by atoms with Gasteiger partial charge in [0, 0.05) is 27.9 Å². The van der Waals surface area contributed by atoms with E-state index in [1.807, 2.05) is 35.7 Å². The molecule has 0 spiro atoms. The number of aryl methyl sites for hydroxylation is 2. The number of thiazole rings is 1. The van der Waals surface area contributed by atoms with Crippen molar-refractivity contribution in [2.45, 2.75) is 13.8 Å². The molecule has 1 N–H and O–H groups in total. The van der Waals surface area contributed by atoms with E-state index in [1.54, 1.807) is 6.20 Å². The van der Waals surface area contributed by atoms with Gasteiger partial charge < -0.3 is 5.32 Å². The highest BCUT2D eigenvalue weighted by Gasteiger charge is 2.09. The Morgan fingerprint density at radius 2 is 1.92 bits per heavy atom. The largest absolute Gasteiger partial charge is 0.360 e. The number of aromatic nitrogens is 1. The highest BCUT2D eigenvalue weighted by molar-refractivity contribution is 7.11. The summed E-state index contributed by atoms with van der Waals surface area (Å²) in [4.78, 5) is 4.57. The van der Waals surface area contributed by atoms with Crippen LogP contribution in [0.1, 0.15) is 16.1 Å². The van der Waals surface area contributed by atoms with Crippen molar-refractivity contribution < 1.29 is 0 Å². The van der Waals surface area contributed by atoms with E-state index in [0.717, 1.165) is 16.9 Å². The Morgan fingerprint density at radius 3 is 2.60 bits per heavy atom. The third-order valence-electron chi connectivity index (χ3n) is 3.89. The summed E-state index contributed by atoms with van der Waals surface area (Å²) in [5.74, 6) is 0. The first-order chi connectivity index (χ1) is 12.1. The van der Waals surface area contributed by atoms with Crippen LogP contribution in [0.2, 0.25) is 5.02 Å². The van der Waals surface area contributed by atoms with Gasteiger partial charge in [0.15, 0.2) is 0 Å². The minimum absolute atomic E-state index is 0.503. The van der Waals surface area contributed by atoms with Gasteiger partial charge in [0.05, 0.1) is 5.69 Å². The molecule has 0 saturated carbocycles. The summed E-state index contributed by atoms with van der Waals surface area (Å²) in [6, 6.07) is 15.8. The van der Waals surface area contributed by atoms with Crippen LogP contribution in [0.3, 0.4) is 0 Å². The molecule has 0 radical (unpaired) electrons. The summed E-state index contributed by atoms with van der Waals surface area (Å²) in [5.41, 5.74) is 5.71. The van der Waals surface area contributed by atoms with E-state index in [9.17, 15) is 5.26 Å². The highest BCUT2D eigenvalue weighted by Crippen LogP contribution is 2.27. The zero-order valence-corrected chi connectivity index (χ0v) is 15.4. The third-order valence-corrected chi connectivity index (χ3v) is 5.01. The van der Waals surface area contributed by atoms with Crippen molar-refractivity contribution in [1.29, 1.82) is 5.26 Å². The molecule has 3 aromatic rings. The Balaban J connectivity index is 1.82. The topological polar surface area (TPSA) is 48.7 Å². The van der Waals surface area contributed by atoms with Crippen LogP contribution < -0.4 is 5.32 Å². The maximum absolute atomic E-state index is 9.46.